The van der Waals surface area contributed by atoms with E-state index in [1.54, 1.807) is 26.0 Å². The summed E-state index contributed by atoms with van der Waals surface area (Å²) in [5.41, 5.74) is 2.13. The van der Waals surface area contributed by atoms with Crippen LogP contribution in [0.2, 0.25) is 0 Å². The SMILES string of the molecule is Cc1ccc(S(=O)(=O)Nc2cc(C)c(C)cc2[N+](=O)[O-])cc1. The second-order valence-electron chi connectivity index (χ2n) is 5.13. The summed E-state index contributed by atoms with van der Waals surface area (Å²) in [5, 5.41) is 11.1. The fourth-order valence-electron chi connectivity index (χ4n) is 1.95. The van der Waals surface area contributed by atoms with Crippen molar-refractivity contribution in [1.82, 2.24) is 0 Å². The van der Waals surface area contributed by atoms with Crippen LogP contribution in [0.5, 0.6) is 0 Å². The smallest absolute Gasteiger partial charge is 0.273 e. The second-order valence-corrected chi connectivity index (χ2v) is 6.81. The number of benzene rings is 2. The Labute approximate surface area is 129 Å². The molecule has 2 aromatic carbocycles. The molecule has 6 nitrogen and oxygen atoms in total. The van der Waals surface area contributed by atoms with Crippen molar-refractivity contribution in [1.29, 1.82) is 0 Å². The topological polar surface area (TPSA) is 89.3 Å². The van der Waals surface area contributed by atoms with Crippen molar-refractivity contribution in [3.63, 3.8) is 0 Å². The first-order valence-corrected chi connectivity index (χ1v) is 8.04. The molecule has 0 saturated carbocycles. The molecule has 0 bridgehead atoms. The molecule has 0 heterocycles. The van der Waals surface area contributed by atoms with Crippen molar-refractivity contribution in [3.8, 4) is 0 Å². The Balaban J connectivity index is 2.47. The fourth-order valence-corrected chi connectivity index (χ4v) is 3.02. The summed E-state index contributed by atoms with van der Waals surface area (Å²) < 4.78 is 27.0. The number of aryl methyl sites for hydroxylation is 3. The van der Waals surface area contributed by atoms with E-state index in [0.717, 1.165) is 16.7 Å². The highest BCUT2D eigenvalue weighted by atomic mass is 32.2. The molecule has 0 saturated heterocycles. The van der Waals surface area contributed by atoms with E-state index < -0.39 is 14.9 Å². The van der Waals surface area contributed by atoms with Gasteiger partial charge >= 0.3 is 0 Å². The highest BCUT2D eigenvalue weighted by molar-refractivity contribution is 7.92. The first kappa shape index (κ1) is 16.0. The Morgan fingerprint density at radius 3 is 2.09 bits per heavy atom. The molecule has 0 unspecified atom stereocenters. The number of nitrogens with zero attached hydrogens (tertiary/aromatic N) is 1. The van der Waals surface area contributed by atoms with Crippen LogP contribution in [-0.4, -0.2) is 13.3 Å². The lowest BCUT2D eigenvalue weighted by Crippen LogP contribution is -2.14. The Morgan fingerprint density at radius 1 is 1.00 bits per heavy atom. The molecule has 7 heteroatoms. The maximum atomic E-state index is 12.4. The third-order valence-electron chi connectivity index (χ3n) is 3.38. The van der Waals surface area contributed by atoms with Crippen molar-refractivity contribution in [3.05, 3.63) is 63.2 Å². The monoisotopic (exact) mass is 320 g/mol. The molecule has 0 aromatic heterocycles. The highest BCUT2D eigenvalue weighted by Gasteiger charge is 2.21. The molecule has 116 valence electrons. The second kappa shape index (κ2) is 5.76. The predicted molar refractivity (Wildman–Crippen MR) is 84.6 cm³/mol. The normalized spacial score (nSPS) is 11.2. The van der Waals surface area contributed by atoms with Gasteiger partial charge in [0, 0.05) is 6.07 Å². The van der Waals surface area contributed by atoms with E-state index in [9.17, 15) is 18.5 Å². The van der Waals surface area contributed by atoms with Crippen molar-refractivity contribution in [2.75, 3.05) is 4.72 Å². The van der Waals surface area contributed by atoms with Gasteiger partial charge in [-0.1, -0.05) is 17.7 Å². The first-order valence-electron chi connectivity index (χ1n) is 6.56. The van der Waals surface area contributed by atoms with Gasteiger partial charge in [-0.3, -0.25) is 14.8 Å². The van der Waals surface area contributed by atoms with Crippen LogP contribution in [-0.2, 0) is 10.0 Å². The van der Waals surface area contributed by atoms with E-state index in [4.69, 9.17) is 0 Å². The molecule has 0 fully saturated rings. The molecule has 0 spiro atoms. The largest absolute Gasteiger partial charge is 0.293 e. The van der Waals surface area contributed by atoms with Gasteiger partial charge in [-0.15, -0.1) is 0 Å². The van der Waals surface area contributed by atoms with Gasteiger partial charge in [-0.25, -0.2) is 8.42 Å². The first-order chi connectivity index (χ1) is 10.2. The average Bonchev–Trinajstić information content (AvgIpc) is 2.42. The third-order valence-corrected chi connectivity index (χ3v) is 4.77. The molecule has 0 atom stereocenters. The summed E-state index contributed by atoms with van der Waals surface area (Å²) in [7, 11) is -3.87. The zero-order valence-corrected chi connectivity index (χ0v) is 13.3. The number of nitrogens with one attached hydrogen (secondary N) is 1. The van der Waals surface area contributed by atoms with Crippen LogP contribution in [0.3, 0.4) is 0 Å². The summed E-state index contributed by atoms with van der Waals surface area (Å²) in [4.78, 5) is 10.6. The van der Waals surface area contributed by atoms with Gasteiger partial charge in [0.15, 0.2) is 0 Å². The zero-order valence-electron chi connectivity index (χ0n) is 12.5. The van der Waals surface area contributed by atoms with Crippen LogP contribution in [0.1, 0.15) is 16.7 Å². The number of anilines is 1. The van der Waals surface area contributed by atoms with Crippen LogP contribution in [0.25, 0.3) is 0 Å². The number of hydrogen-bond acceptors (Lipinski definition) is 4. The minimum absolute atomic E-state index is 0.0336. The van der Waals surface area contributed by atoms with Crippen LogP contribution in [0.4, 0.5) is 11.4 Å². The van der Waals surface area contributed by atoms with Crippen molar-refractivity contribution in [2.24, 2.45) is 0 Å². The summed E-state index contributed by atoms with van der Waals surface area (Å²) in [6.45, 7) is 5.35. The summed E-state index contributed by atoms with van der Waals surface area (Å²) >= 11 is 0. The molecular weight excluding hydrogens is 304 g/mol. The Bertz CT molecular complexity index is 827. The van der Waals surface area contributed by atoms with Crippen LogP contribution >= 0.6 is 0 Å². The molecule has 0 amide bonds. The zero-order chi connectivity index (χ0) is 16.5. The number of sulfonamides is 1. The lowest BCUT2D eigenvalue weighted by atomic mass is 10.1. The van der Waals surface area contributed by atoms with Crippen molar-refractivity contribution >= 4 is 21.4 Å². The Kier molecular flexibility index (Phi) is 4.18. The molecule has 0 aliphatic rings. The minimum Gasteiger partial charge on any atom is -0.273 e. The van der Waals surface area contributed by atoms with Crippen molar-refractivity contribution < 1.29 is 13.3 Å². The molecule has 0 aliphatic heterocycles. The maximum absolute atomic E-state index is 12.4. The minimum atomic E-state index is -3.87. The summed E-state index contributed by atoms with van der Waals surface area (Å²) in [6, 6.07) is 9.10. The van der Waals surface area contributed by atoms with Gasteiger partial charge in [0.1, 0.15) is 5.69 Å². The van der Waals surface area contributed by atoms with Crippen LogP contribution in [0.15, 0.2) is 41.3 Å². The van der Waals surface area contributed by atoms with Gasteiger partial charge in [0.25, 0.3) is 15.7 Å². The van der Waals surface area contributed by atoms with Gasteiger partial charge in [0.2, 0.25) is 0 Å². The summed E-state index contributed by atoms with van der Waals surface area (Å²) in [6.07, 6.45) is 0. The van der Waals surface area contributed by atoms with E-state index in [-0.39, 0.29) is 16.3 Å². The van der Waals surface area contributed by atoms with Gasteiger partial charge in [-0.05, 0) is 50.1 Å². The van der Waals surface area contributed by atoms with E-state index in [1.807, 2.05) is 6.92 Å². The standard InChI is InChI=1S/C15H16N2O4S/c1-10-4-6-13(7-5-10)22(20,21)16-14-8-11(2)12(3)9-15(14)17(18)19/h4-9,16H,1-3H3. The summed E-state index contributed by atoms with van der Waals surface area (Å²) in [5.74, 6) is 0. The molecule has 2 rings (SSSR count). The average molecular weight is 320 g/mol. The van der Waals surface area contributed by atoms with E-state index in [1.165, 1.54) is 24.3 Å². The molecule has 0 radical (unpaired) electrons. The quantitative estimate of drug-likeness (QED) is 0.691. The highest BCUT2D eigenvalue weighted by Crippen LogP contribution is 2.30. The predicted octanol–water partition coefficient (Wildman–Crippen LogP) is 3.32. The van der Waals surface area contributed by atoms with E-state index >= 15 is 0 Å². The van der Waals surface area contributed by atoms with Crippen molar-refractivity contribution in [2.45, 2.75) is 25.7 Å². The maximum Gasteiger partial charge on any atom is 0.293 e. The van der Waals surface area contributed by atoms with E-state index in [2.05, 4.69) is 4.72 Å². The number of nitro groups is 1. The lowest BCUT2D eigenvalue weighted by molar-refractivity contribution is -0.383. The van der Waals surface area contributed by atoms with Gasteiger partial charge < -0.3 is 0 Å². The lowest BCUT2D eigenvalue weighted by Gasteiger charge is -2.11. The Hall–Kier alpha value is -2.41. The third kappa shape index (κ3) is 3.25. The molecule has 22 heavy (non-hydrogen) atoms. The number of hydrogen-bond donors (Lipinski definition) is 1. The molecule has 0 aliphatic carbocycles. The number of nitro benzene ring substituents is 1. The Morgan fingerprint density at radius 2 is 1.55 bits per heavy atom. The van der Waals surface area contributed by atoms with Gasteiger partial charge in [0.05, 0.1) is 9.82 Å². The molecular formula is C15H16N2O4S. The molecule has 2 aromatic rings. The fraction of sp³-hybridized carbons (Fsp3) is 0.200. The number of rotatable bonds is 4. The van der Waals surface area contributed by atoms with Gasteiger partial charge in [-0.2, -0.15) is 0 Å². The van der Waals surface area contributed by atoms with Crippen LogP contribution < -0.4 is 4.72 Å². The van der Waals surface area contributed by atoms with E-state index in [0.29, 0.717) is 0 Å². The van der Waals surface area contributed by atoms with Crippen LogP contribution in [0, 0.1) is 30.9 Å². The molecule has 1 N–H and O–H groups in total.